The topological polar surface area (TPSA) is 128 Å². The van der Waals surface area contributed by atoms with Crippen molar-refractivity contribution < 1.29 is 42.1 Å². The number of halogens is 3. The third kappa shape index (κ3) is 5.39. The van der Waals surface area contributed by atoms with Crippen LogP contribution in [0.4, 0.5) is 18.0 Å². The Morgan fingerprint density at radius 3 is 2.35 bits per heavy atom. The van der Waals surface area contributed by atoms with E-state index >= 15 is 0 Å². The molecule has 1 unspecified atom stereocenters. The first-order valence-corrected chi connectivity index (χ1v) is 8.74. The highest BCUT2D eigenvalue weighted by atomic mass is 19.4. The van der Waals surface area contributed by atoms with E-state index in [0.717, 1.165) is 18.2 Å². The van der Waals surface area contributed by atoms with E-state index in [4.69, 9.17) is 15.6 Å². The number of ether oxygens (including phenoxy) is 2. The van der Waals surface area contributed by atoms with Gasteiger partial charge in [0.1, 0.15) is 17.5 Å². The van der Waals surface area contributed by atoms with E-state index in [1.54, 1.807) is 17.4 Å². The Hall–Kier alpha value is -3.86. The number of amides is 2. The van der Waals surface area contributed by atoms with Crippen molar-refractivity contribution in [3.8, 4) is 11.5 Å². The van der Waals surface area contributed by atoms with E-state index in [9.17, 15) is 27.6 Å². The zero-order chi connectivity index (χ0) is 22.8. The Labute approximate surface area is 173 Å². The molecule has 4 N–H and O–H groups in total. The van der Waals surface area contributed by atoms with Crippen molar-refractivity contribution in [3.05, 3.63) is 64.9 Å². The summed E-state index contributed by atoms with van der Waals surface area (Å²) in [5, 5.41) is 10.6. The van der Waals surface area contributed by atoms with E-state index in [1.807, 2.05) is 0 Å². The fraction of sp³-hybridized carbons (Fsp3) is 0.150. The maximum atomic E-state index is 13.5. The van der Waals surface area contributed by atoms with Gasteiger partial charge in [-0.05, 0) is 47.9 Å². The molecule has 2 aromatic carbocycles. The van der Waals surface area contributed by atoms with Gasteiger partial charge in [-0.2, -0.15) is 13.2 Å². The molecule has 0 aliphatic carbocycles. The number of alkyl carbamates (subject to hydrolysis) is 1. The second-order valence-corrected chi connectivity index (χ2v) is 6.49. The Kier molecular flexibility index (Phi) is 5.97. The Bertz CT molecular complexity index is 1060. The minimum atomic E-state index is -4.78. The molecule has 31 heavy (non-hydrogen) atoms. The molecule has 1 aliphatic heterocycles. The maximum Gasteiger partial charge on any atom is 0.419 e. The van der Waals surface area contributed by atoms with Crippen molar-refractivity contribution in [2.75, 3.05) is 0 Å². The Morgan fingerprint density at radius 2 is 1.81 bits per heavy atom. The molecule has 1 atom stereocenters. The van der Waals surface area contributed by atoms with Crippen LogP contribution in [0, 0.1) is 0 Å². The summed E-state index contributed by atoms with van der Waals surface area (Å²) in [6, 6.07) is 8.03. The van der Waals surface area contributed by atoms with Crippen LogP contribution in [0.1, 0.15) is 16.7 Å². The molecule has 3 rings (SSSR count). The average Bonchev–Trinajstić information content (AvgIpc) is 3.00. The maximum absolute atomic E-state index is 13.5. The van der Waals surface area contributed by atoms with Crippen molar-refractivity contribution in [2.45, 2.75) is 18.6 Å². The molecule has 0 radical (unpaired) electrons. The highest BCUT2D eigenvalue weighted by Crippen LogP contribution is 2.36. The number of alkyl halides is 3. The van der Waals surface area contributed by atoms with E-state index in [0.29, 0.717) is 5.56 Å². The Morgan fingerprint density at radius 1 is 1.16 bits per heavy atom. The molecule has 0 saturated carbocycles. The van der Waals surface area contributed by atoms with Gasteiger partial charge in [-0.15, -0.1) is 0 Å². The molecule has 2 amide bonds. The fourth-order valence-corrected chi connectivity index (χ4v) is 2.70. The SMILES string of the molecule is NC(Cc1ccc(Oc2ccc(C=C3OC(=O)NC3=O)c(C(F)(F)F)c2)cc1)C(=O)O. The quantitative estimate of drug-likeness (QED) is 0.594. The van der Waals surface area contributed by atoms with Gasteiger partial charge in [-0.1, -0.05) is 18.2 Å². The molecule has 1 saturated heterocycles. The van der Waals surface area contributed by atoms with Crippen LogP contribution in [0.15, 0.2) is 48.2 Å². The second kappa shape index (κ2) is 8.48. The van der Waals surface area contributed by atoms with Gasteiger partial charge in [0.15, 0.2) is 5.76 Å². The van der Waals surface area contributed by atoms with Gasteiger partial charge in [0, 0.05) is 0 Å². The summed E-state index contributed by atoms with van der Waals surface area (Å²) in [4.78, 5) is 33.4. The van der Waals surface area contributed by atoms with Gasteiger partial charge in [-0.3, -0.25) is 14.9 Å². The minimum absolute atomic E-state index is 0.0787. The summed E-state index contributed by atoms with van der Waals surface area (Å²) in [6.07, 6.45) is -4.96. The molecule has 8 nitrogen and oxygen atoms in total. The summed E-state index contributed by atoms with van der Waals surface area (Å²) in [5.41, 5.74) is 4.59. The predicted molar refractivity (Wildman–Crippen MR) is 99.9 cm³/mol. The summed E-state index contributed by atoms with van der Waals surface area (Å²) >= 11 is 0. The van der Waals surface area contributed by atoms with Crippen LogP contribution >= 0.6 is 0 Å². The second-order valence-electron chi connectivity index (χ2n) is 6.49. The van der Waals surface area contributed by atoms with Gasteiger partial charge in [-0.25, -0.2) is 4.79 Å². The molecule has 1 fully saturated rings. The summed E-state index contributed by atoms with van der Waals surface area (Å²) < 4.78 is 50.5. The summed E-state index contributed by atoms with van der Waals surface area (Å²) in [6.45, 7) is 0. The number of cyclic esters (lactones) is 1. The van der Waals surface area contributed by atoms with E-state index in [-0.39, 0.29) is 17.9 Å². The molecule has 0 aromatic heterocycles. The monoisotopic (exact) mass is 436 g/mol. The number of benzene rings is 2. The molecule has 1 heterocycles. The van der Waals surface area contributed by atoms with Gasteiger partial charge in [0.25, 0.3) is 5.91 Å². The van der Waals surface area contributed by atoms with Crippen molar-refractivity contribution in [1.29, 1.82) is 0 Å². The lowest BCUT2D eigenvalue weighted by molar-refractivity contribution is -0.139. The third-order valence-electron chi connectivity index (χ3n) is 4.19. The van der Waals surface area contributed by atoms with E-state index in [1.165, 1.54) is 18.2 Å². The van der Waals surface area contributed by atoms with Crippen LogP contribution in [0.2, 0.25) is 0 Å². The smallest absolute Gasteiger partial charge is 0.419 e. The van der Waals surface area contributed by atoms with Crippen LogP contribution < -0.4 is 15.8 Å². The molecule has 162 valence electrons. The number of carboxylic acid groups (broad SMARTS) is 1. The predicted octanol–water partition coefficient (Wildman–Crippen LogP) is 3.06. The number of nitrogens with one attached hydrogen (secondary N) is 1. The van der Waals surface area contributed by atoms with Crippen LogP contribution in [-0.4, -0.2) is 29.1 Å². The lowest BCUT2D eigenvalue weighted by Crippen LogP contribution is -2.32. The number of hydrogen-bond acceptors (Lipinski definition) is 6. The van der Waals surface area contributed by atoms with Crippen molar-refractivity contribution >= 4 is 24.0 Å². The number of aliphatic carboxylic acids is 1. The molecular weight excluding hydrogens is 421 g/mol. The highest BCUT2D eigenvalue weighted by Gasteiger charge is 2.35. The van der Waals surface area contributed by atoms with Crippen LogP contribution in [0.5, 0.6) is 11.5 Å². The number of carbonyl (C=O) groups excluding carboxylic acids is 2. The van der Waals surface area contributed by atoms with Crippen molar-refractivity contribution in [2.24, 2.45) is 5.73 Å². The van der Waals surface area contributed by atoms with Gasteiger partial charge in [0.2, 0.25) is 0 Å². The van der Waals surface area contributed by atoms with E-state index < -0.39 is 47.1 Å². The van der Waals surface area contributed by atoms with E-state index in [2.05, 4.69) is 4.74 Å². The van der Waals surface area contributed by atoms with Crippen LogP contribution in [0.25, 0.3) is 6.08 Å². The summed E-state index contributed by atoms with van der Waals surface area (Å²) in [7, 11) is 0. The first-order chi connectivity index (χ1) is 14.5. The molecule has 0 spiro atoms. The molecule has 0 bridgehead atoms. The fourth-order valence-electron chi connectivity index (χ4n) is 2.70. The Balaban J connectivity index is 1.83. The number of carboxylic acids is 1. The van der Waals surface area contributed by atoms with Gasteiger partial charge < -0.3 is 20.3 Å². The minimum Gasteiger partial charge on any atom is -0.480 e. The molecule has 11 heteroatoms. The largest absolute Gasteiger partial charge is 0.480 e. The number of nitrogens with two attached hydrogens (primary N) is 1. The third-order valence-corrected chi connectivity index (χ3v) is 4.19. The van der Waals surface area contributed by atoms with Crippen LogP contribution in [0.3, 0.4) is 0 Å². The first-order valence-electron chi connectivity index (χ1n) is 8.74. The van der Waals surface area contributed by atoms with Gasteiger partial charge >= 0.3 is 18.2 Å². The normalized spacial score (nSPS) is 16.1. The number of imide groups is 1. The van der Waals surface area contributed by atoms with Crippen molar-refractivity contribution in [3.63, 3.8) is 0 Å². The standard InChI is InChI=1S/C20H15F3N2O6/c21-20(22,23)14-9-13(6-3-11(14)8-16-17(26)25-19(29)31-16)30-12-4-1-10(2-5-12)7-15(24)18(27)28/h1-6,8-9,15H,7,24H2,(H,27,28)(H,25,26,29). The number of rotatable bonds is 6. The zero-order valence-corrected chi connectivity index (χ0v) is 15.6. The first kappa shape index (κ1) is 21.8. The molecular formula is C20H15F3N2O6. The summed E-state index contributed by atoms with van der Waals surface area (Å²) in [5.74, 6) is -2.56. The lowest BCUT2D eigenvalue weighted by Gasteiger charge is -2.14. The van der Waals surface area contributed by atoms with Crippen molar-refractivity contribution in [1.82, 2.24) is 5.32 Å². The number of carbonyl (C=O) groups is 3. The zero-order valence-electron chi connectivity index (χ0n) is 15.6. The molecule has 2 aromatic rings. The number of hydrogen-bond donors (Lipinski definition) is 3. The lowest BCUT2D eigenvalue weighted by atomic mass is 10.1. The van der Waals surface area contributed by atoms with Gasteiger partial charge in [0.05, 0.1) is 5.56 Å². The highest BCUT2D eigenvalue weighted by molar-refractivity contribution is 6.09. The average molecular weight is 436 g/mol. The molecule has 1 aliphatic rings. The van der Waals surface area contributed by atoms with Crippen LogP contribution in [-0.2, 0) is 26.9 Å².